The highest BCUT2D eigenvalue weighted by molar-refractivity contribution is 7.14. The number of rotatable bonds is 4. The summed E-state index contributed by atoms with van der Waals surface area (Å²) in [5, 5.41) is 6.94. The van der Waals surface area contributed by atoms with E-state index in [0.717, 1.165) is 16.2 Å². The van der Waals surface area contributed by atoms with Crippen molar-refractivity contribution in [2.75, 3.05) is 6.54 Å². The van der Waals surface area contributed by atoms with E-state index in [1.54, 1.807) is 11.3 Å². The SMILES string of the molecule is C/C(=N/NC(=O)C1C(=O)NCC1c1ccccc1)c1ccc(C)s1. The number of amides is 2. The van der Waals surface area contributed by atoms with Crippen molar-refractivity contribution >= 4 is 28.9 Å². The number of aryl methyl sites for hydroxylation is 1. The van der Waals surface area contributed by atoms with Crippen LogP contribution in [-0.4, -0.2) is 24.1 Å². The van der Waals surface area contributed by atoms with Crippen LogP contribution in [-0.2, 0) is 9.59 Å². The number of carbonyl (C=O) groups is 2. The summed E-state index contributed by atoms with van der Waals surface area (Å²) in [6.45, 7) is 4.33. The van der Waals surface area contributed by atoms with E-state index in [0.29, 0.717) is 6.54 Å². The Hall–Kier alpha value is -2.47. The number of nitrogens with one attached hydrogen (secondary N) is 2. The second-order valence-electron chi connectivity index (χ2n) is 5.82. The van der Waals surface area contributed by atoms with Gasteiger partial charge in [-0.1, -0.05) is 30.3 Å². The summed E-state index contributed by atoms with van der Waals surface area (Å²) in [5.41, 5.74) is 4.27. The summed E-state index contributed by atoms with van der Waals surface area (Å²) in [6, 6.07) is 13.6. The molecule has 1 aromatic carbocycles. The lowest BCUT2D eigenvalue weighted by Crippen LogP contribution is -2.35. The summed E-state index contributed by atoms with van der Waals surface area (Å²) < 4.78 is 0. The monoisotopic (exact) mass is 341 g/mol. The Morgan fingerprint density at radius 1 is 1.25 bits per heavy atom. The number of nitrogens with zero attached hydrogens (tertiary/aromatic N) is 1. The van der Waals surface area contributed by atoms with Gasteiger partial charge in [0.25, 0.3) is 5.91 Å². The predicted molar refractivity (Wildman–Crippen MR) is 95.1 cm³/mol. The minimum atomic E-state index is -0.756. The van der Waals surface area contributed by atoms with Crippen LogP contribution in [0.15, 0.2) is 47.6 Å². The first-order valence-electron chi connectivity index (χ1n) is 7.80. The third-order valence-corrected chi connectivity index (χ3v) is 5.23. The molecule has 2 unspecified atom stereocenters. The smallest absolute Gasteiger partial charge is 0.253 e. The second-order valence-corrected chi connectivity index (χ2v) is 7.11. The minimum absolute atomic E-state index is 0.168. The largest absolute Gasteiger partial charge is 0.355 e. The Morgan fingerprint density at radius 3 is 2.67 bits per heavy atom. The summed E-state index contributed by atoms with van der Waals surface area (Å²) in [7, 11) is 0. The van der Waals surface area contributed by atoms with Crippen molar-refractivity contribution in [2.45, 2.75) is 19.8 Å². The van der Waals surface area contributed by atoms with Gasteiger partial charge in [-0.15, -0.1) is 11.3 Å². The Balaban J connectivity index is 1.74. The molecule has 1 aliphatic heterocycles. The molecule has 0 radical (unpaired) electrons. The van der Waals surface area contributed by atoms with Gasteiger partial charge in [-0.3, -0.25) is 9.59 Å². The number of benzene rings is 1. The van der Waals surface area contributed by atoms with Gasteiger partial charge in [0, 0.05) is 17.3 Å². The maximum absolute atomic E-state index is 12.5. The maximum atomic E-state index is 12.5. The van der Waals surface area contributed by atoms with Crippen LogP contribution in [0.4, 0.5) is 0 Å². The molecule has 1 aliphatic rings. The van der Waals surface area contributed by atoms with E-state index in [2.05, 4.69) is 15.8 Å². The summed E-state index contributed by atoms with van der Waals surface area (Å²) in [6.07, 6.45) is 0. The van der Waals surface area contributed by atoms with E-state index < -0.39 is 5.92 Å². The molecule has 2 aromatic rings. The van der Waals surface area contributed by atoms with Crippen LogP contribution < -0.4 is 10.7 Å². The molecule has 5 nitrogen and oxygen atoms in total. The Labute approximate surface area is 144 Å². The van der Waals surface area contributed by atoms with Crippen LogP contribution in [0.5, 0.6) is 0 Å². The average molecular weight is 341 g/mol. The maximum Gasteiger partial charge on any atom is 0.253 e. The Kier molecular flexibility index (Phi) is 4.76. The fourth-order valence-electron chi connectivity index (χ4n) is 2.83. The van der Waals surface area contributed by atoms with Crippen LogP contribution in [0.1, 0.15) is 28.2 Å². The molecule has 24 heavy (non-hydrogen) atoms. The first-order chi connectivity index (χ1) is 11.6. The number of hydrogen-bond donors (Lipinski definition) is 2. The van der Waals surface area contributed by atoms with Gasteiger partial charge >= 0.3 is 0 Å². The zero-order valence-corrected chi connectivity index (χ0v) is 14.4. The molecule has 3 rings (SSSR count). The first kappa shape index (κ1) is 16.4. The molecule has 6 heteroatoms. The Bertz CT molecular complexity index is 783. The summed E-state index contributed by atoms with van der Waals surface area (Å²) >= 11 is 1.62. The number of thiophene rings is 1. The fraction of sp³-hybridized carbons (Fsp3) is 0.278. The van der Waals surface area contributed by atoms with Gasteiger partial charge in [0.1, 0.15) is 5.92 Å². The predicted octanol–water partition coefficient (Wildman–Crippen LogP) is 2.43. The van der Waals surface area contributed by atoms with E-state index in [1.165, 1.54) is 4.88 Å². The van der Waals surface area contributed by atoms with Crippen LogP contribution in [0.2, 0.25) is 0 Å². The van der Waals surface area contributed by atoms with Crippen LogP contribution >= 0.6 is 11.3 Å². The van der Waals surface area contributed by atoms with E-state index in [4.69, 9.17) is 0 Å². The highest BCUT2D eigenvalue weighted by atomic mass is 32.1. The van der Waals surface area contributed by atoms with Gasteiger partial charge < -0.3 is 5.32 Å². The number of hydrogen-bond acceptors (Lipinski definition) is 4. The quantitative estimate of drug-likeness (QED) is 0.509. The highest BCUT2D eigenvalue weighted by Crippen LogP contribution is 2.29. The standard InChI is InChI=1S/C18H19N3O2S/c1-11-8-9-15(24-11)12(2)20-21-18(23)16-14(10-19-17(16)22)13-6-4-3-5-7-13/h3-9,14,16H,10H2,1-2H3,(H,19,22)(H,21,23)/b20-12-. The number of carbonyl (C=O) groups excluding carboxylic acids is 2. The summed E-state index contributed by atoms with van der Waals surface area (Å²) in [5.74, 6) is -1.54. The molecule has 2 N–H and O–H groups in total. The zero-order chi connectivity index (χ0) is 17.1. The van der Waals surface area contributed by atoms with E-state index in [1.807, 2.05) is 56.3 Å². The van der Waals surface area contributed by atoms with Crippen molar-refractivity contribution in [3.63, 3.8) is 0 Å². The third kappa shape index (κ3) is 3.38. The molecule has 0 aliphatic carbocycles. The van der Waals surface area contributed by atoms with Crippen molar-refractivity contribution in [3.8, 4) is 0 Å². The molecule has 2 heterocycles. The average Bonchev–Trinajstić information content (AvgIpc) is 3.19. The van der Waals surface area contributed by atoms with E-state index >= 15 is 0 Å². The normalized spacial score (nSPS) is 20.8. The first-order valence-corrected chi connectivity index (χ1v) is 8.61. The lowest BCUT2D eigenvalue weighted by molar-refractivity contribution is -0.133. The molecule has 1 fully saturated rings. The molecular weight excluding hydrogens is 322 g/mol. The van der Waals surface area contributed by atoms with Crippen molar-refractivity contribution in [3.05, 3.63) is 57.8 Å². The summed E-state index contributed by atoms with van der Waals surface area (Å²) in [4.78, 5) is 26.8. The van der Waals surface area contributed by atoms with Crippen molar-refractivity contribution < 1.29 is 9.59 Å². The Morgan fingerprint density at radius 2 is 2.00 bits per heavy atom. The molecule has 0 spiro atoms. The number of hydrazone groups is 1. The molecular formula is C18H19N3O2S. The van der Waals surface area contributed by atoms with Gasteiger partial charge in [0.2, 0.25) is 5.91 Å². The molecule has 124 valence electrons. The van der Waals surface area contributed by atoms with Gasteiger partial charge in [-0.05, 0) is 31.5 Å². The fourth-order valence-corrected chi connectivity index (χ4v) is 3.64. The highest BCUT2D eigenvalue weighted by Gasteiger charge is 2.40. The van der Waals surface area contributed by atoms with Crippen LogP contribution in [0.25, 0.3) is 0 Å². The molecule has 2 amide bonds. The van der Waals surface area contributed by atoms with Crippen molar-refractivity contribution in [1.29, 1.82) is 0 Å². The zero-order valence-electron chi connectivity index (χ0n) is 13.6. The third-order valence-electron chi connectivity index (χ3n) is 4.12. The molecule has 0 saturated carbocycles. The second kappa shape index (κ2) is 6.97. The molecule has 2 atom stereocenters. The van der Waals surface area contributed by atoms with E-state index in [9.17, 15) is 9.59 Å². The van der Waals surface area contributed by atoms with Crippen molar-refractivity contribution in [2.24, 2.45) is 11.0 Å². The van der Waals surface area contributed by atoms with Gasteiger partial charge in [-0.25, -0.2) is 5.43 Å². The lowest BCUT2D eigenvalue weighted by Gasteiger charge is -2.15. The minimum Gasteiger partial charge on any atom is -0.355 e. The van der Waals surface area contributed by atoms with Gasteiger partial charge in [0.15, 0.2) is 0 Å². The molecule has 1 aromatic heterocycles. The molecule has 0 bridgehead atoms. The van der Waals surface area contributed by atoms with Crippen LogP contribution in [0.3, 0.4) is 0 Å². The molecule has 1 saturated heterocycles. The van der Waals surface area contributed by atoms with Gasteiger partial charge in [0.05, 0.1) is 10.6 Å². The van der Waals surface area contributed by atoms with E-state index in [-0.39, 0.29) is 17.7 Å². The van der Waals surface area contributed by atoms with Crippen molar-refractivity contribution in [1.82, 2.24) is 10.7 Å². The van der Waals surface area contributed by atoms with Gasteiger partial charge in [-0.2, -0.15) is 5.10 Å². The van der Waals surface area contributed by atoms with Crippen LogP contribution in [0, 0.1) is 12.8 Å². The lowest BCUT2D eigenvalue weighted by atomic mass is 9.88. The topological polar surface area (TPSA) is 70.6 Å².